The van der Waals surface area contributed by atoms with Crippen molar-refractivity contribution in [2.24, 2.45) is 0 Å². The average Bonchev–Trinajstić information content (AvgIpc) is 2.67. The van der Waals surface area contributed by atoms with E-state index < -0.39 is 0 Å². The summed E-state index contributed by atoms with van der Waals surface area (Å²) in [6.07, 6.45) is 1.92. The molecule has 0 atom stereocenters. The summed E-state index contributed by atoms with van der Waals surface area (Å²) in [4.78, 5) is 0. The van der Waals surface area contributed by atoms with E-state index in [1.807, 2.05) is 31.3 Å². The van der Waals surface area contributed by atoms with Crippen LogP contribution in [0.15, 0.2) is 24.4 Å². The predicted molar refractivity (Wildman–Crippen MR) is 62.6 cm³/mol. The molecule has 2 heterocycles. The summed E-state index contributed by atoms with van der Waals surface area (Å²) in [7, 11) is 0. The molecule has 0 unspecified atom stereocenters. The molecule has 0 aromatic carbocycles. The van der Waals surface area contributed by atoms with Gasteiger partial charge in [0.05, 0.1) is 11.4 Å². The number of hydrogen-bond donors (Lipinski definition) is 0. The summed E-state index contributed by atoms with van der Waals surface area (Å²) < 4.78 is 1.76. The lowest BCUT2D eigenvalue weighted by Gasteiger charge is -2.14. The molecule has 4 heteroatoms. The van der Waals surface area contributed by atoms with Gasteiger partial charge in [-0.3, -0.25) is 0 Å². The second-order valence-electron chi connectivity index (χ2n) is 4.93. The van der Waals surface area contributed by atoms with Crippen LogP contribution in [0.25, 0.3) is 5.82 Å². The largest absolute Gasteiger partial charge is 0.221 e. The zero-order chi connectivity index (χ0) is 11.8. The van der Waals surface area contributed by atoms with Gasteiger partial charge in [0.1, 0.15) is 0 Å². The van der Waals surface area contributed by atoms with Crippen molar-refractivity contribution in [2.45, 2.75) is 33.1 Å². The molecule has 0 N–H and O–H groups in total. The third kappa shape index (κ3) is 2.10. The van der Waals surface area contributed by atoms with Crippen LogP contribution in [0.3, 0.4) is 0 Å². The highest BCUT2D eigenvalue weighted by Crippen LogP contribution is 2.20. The first kappa shape index (κ1) is 10.8. The minimum Gasteiger partial charge on any atom is -0.221 e. The quantitative estimate of drug-likeness (QED) is 0.734. The highest BCUT2D eigenvalue weighted by atomic mass is 15.3. The van der Waals surface area contributed by atoms with E-state index in [1.54, 1.807) is 4.68 Å². The number of nitrogens with zero attached hydrogens (tertiary/aromatic N) is 4. The first-order valence-electron chi connectivity index (χ1n) is 5.34. The molecule has 0 radical (unpaired) electrons. The minimum absolute atomic E-state index is 0.0589. The van der Waals surface area contributed by atoms with Crippen molar-refractivity contribution < 1.29 is 0 Å². The third-order valence-electron chi connectivity index (χ3n) is 2.38. The summed E-state index contributed by atoms with van der Waals surface area (Å²) in [6, 6.07) is 5.87. The summed E-state index contributed by atoms with van der Waals surface area (Å²) in [5.41, 5.74) is 2.02. The van der Waals surface area contributed by atoms with Gasteiger partial charge in [0.2, 0.25) is 0 Å². The Kier molecular flexibility index (Phi) is 2.50. The van der Waals surface area contributed by atoms with Gasteiger partial charge in [-0.25, -0.2) is 4.68 Å². The van der Waals surface area contributed by atoms with Crippen LogP contribution < -0.4 is 0 Å². The van der Waals surface area contributed by atoms with E-state index in [4.69, 9.17) is 0 Å². The molecule has 16 heavy (non-hydrogen) atoms. The Labute approximate surface area is 95.3 Å². The summed E-state index contributed by atoms with van der Waals surface area (Å²) in [6.45, 7) is 8.34. The van der Waals surface area contributed by atoms with Gasteiger partial charge in [-0.1, -0.05) is 20.8 Å². The molecule has 84 valence electrons. The molecule has 0 spiro atoms. The highest BCUT2D eigenvalue weighted by molar-refractivity contribution is 5.22. The second kappa shape index (κ2) is 3.70. The van der Waals surface area contributed by atoms with Crippen molar-refractivity contribution in [1.82, 2.24) is 20.0 Å². The summed E-state index contributed by atoms with van der Waals surface area (Å²) in [5.74, 6) is 0.751. The molecule has 0 aliphatic heterocycles. The van der Waals surface area contributed by atoms with Crippen LogP contribution in [0.2, 0.25) is 0 Å². The molecule has 2 aromatic rings. The number of rotatable bonds is 1. The first-order valence-corrected chi connectivity index (χ1v) is 5.34. The van der Waals surface area contributed by atoms with Gasteiger partial charge >= 0.3 is 0 Å². The van der Waals surface area contributed by atoms with E-state index in [9.17, 15) is 0 Å². The van der Waals surface area contributed by atoms with Crippen LogP contribution in [0, 0.1) is 6.92 Å². The molecule has 0 aliphatic carbocycles. The maximum Gasteiger partial charge on any atom is 0.175 e. The zero-order valence-electron chi connectivity index (χ0n) is 10.1. The van der Waals surface area contributed by atoms with Crippen LogP contribution in [0.4, 0.5) is 0 Å². The van der Waals surface area contributed by atoms with Gasteiger partial charge in [0, 0.05) is 11.6 Å². The van der Waals surface area contributed by atoms with Crippen molar-refractivity contribution in [2.75, 3.05) is 0 Å². The van der Waals surface area contributed by atoms with Crippen molar-refractivity contribution >= 4 is 0 Å². The van der Waals surface area contributed by atoms with Gasteiger partial charge in [-0.15, -0.1) is 5.10 Å². The normalized spacial score (nSPS) is 11.8. The van der Waals surface area contributed by atoms with E-state index >= 15 is 0 Å². The Morgan fingerprint density at radius 2 is 1.81 bits per heavy atom. The first-order chi connectivity index (χ1) is 7.47. The van der Waals surface area contributed by atoms with Crippen molar-refractivity contribution in [3.8, 4) is 5.82 Å². The van der Waals surface area contributed by atoms with Crippen molar-refractivity contribution in [3.63, 3.8) is 0 Å². The fourth-order valence-electron chi connectivity index (χ4n) is 1.37. The highest BCUT2D eigenvalue weighted by Gasteiger charge is 2.17. The van der Waals surface area contributed by atoms with Gasteiger partial charge in [0.25, 0.3) is 0 Å². The van der Waals surface area contributed by atoms with E-state index in [2.05, 4.69) is 36.1 Å². The molecular weight excluding hydrogens is 200 g/mol. The molecule has 0 saturated carbocycles. The van der Waals surface area contributed by atoms with Gasteiger partial charge < -0.3 is 0 Å². The minimum atomic E-state index is 0.0589. The smallest absolute Gasteiger partial charge is 0.175 e. The van der Waals surface area contributed by atoms with Gasteiger partial charge in [-0.2, -0.15) is 10.2 Å². The Morgan fingerprint density at radius 1 is 1.06 bits per heavy atom. The molecule has 0 amide bonds. The lowest BCUT2D eigenvalue weighted by Crippen LogP contribution is -2.13. The predicted octanol–water partition coefficient (Wildman–Crippen LogP) is 2.27. The molecule has 0 bridgehead atoms. The fourth-order valence-corrected chi connectivity index (χ4v) is 1.37. The fraction of sp³-hybridized carbons (Fsp3) is 0.417. The maximum atomic E-state index is 4.50. The Balaban J connectivity index is 2.35. The van der Waals surface area contributed by atoms with E-state index in [1.165, 1.54) is 0 Å². The summed E-state index contributed by atoms with van der Waals surface area (Å²) >= 11 is 0. The third-order valence-corrected chi connectivity index (χ3v) is 2.38. The monoisotopic (exact) mass is 216 g/mol. The number of hydrogen-bond acceptors (Lipinski definition) is 3. The van der Waals surface area contributed by atoms with E-state index in [0.29, 0.717) is 0 Å². The average molecular weight is 216 g/mol. The SMILES string of the molecule is Cc1ccc(-n2ccc(C(C)(C)C)n2)nn1. The van der Waals surface area contributed by atoms with E-state index in [-0.39, 0.29) is 5.41 Å². The molecule has 0 saturated heterocycles. The number of aryl methyl sites for hydroxylation is 1. The Hall–Kier alpha value is -1.71. The summed E-state index contributed by atoms with van der Waals surface area (Å²) in [5, 5.41) is 12.6. The molecule has 2 aromatic heterocycles. The second-order valence-corrected chi connectivity index (χ2v) is 4.93. The van der Waals surface area contributed by atoms with Crippen LogP contribution in [-0.4, -0.2) is 20.0 Å². The molecule has 0 fully saturated rings. The Morgan fingerprint density at radius 3 is 2.31 bits per heavy atom. The van der Waals surface area contributed by atoms with Crippen LogP contribution in [0.1, 0.15) is 32.2 Å². The van der Waals surface area contributed by atoms with Gasteiger partial charge in [0.15, 0.2) is 5.82 Å². The molecular formula is C12H16N4. The van der Waals surface area contributed by atoms with Crippen molar-refractivity contribution in [3.05, 3.63) is 35.8 Å². The Bertz CT molecular complexity index is 476. The zero-order valence-corrected chi connectivity index (χ0v) is 10.1. The lowest BCUT2D eigenvalue weighted by molar-refractivity contribution is 0.559. The van der Waals surface area contributed by atoms with Crippen LogP contribution in [0.5, 0.6) is 0 Å². The van der Waals surface area contributed by atoms with Gasteiger partial charge in [-0.05, 0) is 25.1 Å². The van der Waals surface area contributed by atoms with E-state index in [0.717, 1.165) is 17.2 Å². The standard InChI is InChI=1S/C12H16N4/c1-9-5-6-11(14-13-9)16-8-7-10(15-16)12(2,3)4/h5-8H,1-4H3. The number of aromatic nitrogens is 4. The topological polar surface area (TPSA) is 43.6 Å². The molecule has 0 aliphatic rings. The lowest BCUT2D eigenvalue weighted by atomic mass is 9.93. The van der Waals surface area contributed by atoms with Crippen LogP contribution >= 0.6 is 0 Å². The molecule has 2 rings (SSSR count). The van der Waals surface area contributed by atoms with Crippen LogP contribution in [-0.2, 0) is 5.41 Å². The maximum absolute atomic E-state index is 4.50. The van der Waals surface area contributed by atoms with Crippen molar-refractivity contribution in [1.29, 1.82) is 0 Å². The molecule has 4 nitrogen and oxygen atoms in total.